The maximum Gasteiger partial charge on any atom is 0.0897 e. The van der Waals surface area contributed by atoms with E-state index in [0.717, 1.165) is 17.7 Å². The quantitative estimate of drug-likeness (QED) is 0.632. The standard InChI is InChI=1S/C12H20N2O2/c1-14(8-12(16)9-15)7-11-5-3-2-4-10(11)6-13/h2-5,12,15-16H,6-9,13H2,1H3. The van der Waals surface area contributed by atoms with Gasteiger partial charge in [0.05, 0.1) is 12.7 Å². The molecule has 0 saturated heterocycles. The predicted octanol–water partition coefficient (Wildman–Crippen LogP) is -0.0697. The Labute approximate surface area is 96.3 Å². The van der Waals surface area contributed by atoms with E-state index in [1.165, 1.54) is 0 Å². The number of nitrogens with two attached hydrogens (primary N) is 1. The number of benzene rings is 1. The van der Waals surface area contributed by atoms with Crippen molar-refractivity contribution in [2.45, 2.75) is 19.2 Å². The van der Waals surface area contributed by atoms with Crippen molar-refractivity contribution in [2.24, 2.45) is 5.73 Å². The van der Waals surface area contributed by atoms with Gasteiger partial charge in [-0.15, -0.1) is 0 Å². The smallest absolute Gasteiger partial charge is 0.0897 e. The molecule has 0 amide bonds. The number of hydrogen-bond acceptors (Lipinski definition) is 4. The molecule has 1 unspecified atom stereocenters. The fourth-order valence-corrected chi connectivity index (χ4v) is 1.68. The van der Waals surface area contributed by atoms with E-state index in [2.05, 4.69) is 0 Å². The summed E-state index contributed by atoms with van der Waals surface area (Å²) in [5.74, 6) is 0. The molecule has 4 heteroatoms. The minimum atomic E-state index is -0.685. The fraction of sp³-hybridized carbons (Fsp3) is 0.500. The van der Waals surface area contributed by atoms with Crippen LogP contribution in [0.25, 0.3) is 0 Å². The van der Waals surface area contributed by atoms with Crippen LogP contribution >= 0.6 is 0 Å². The van der Waals surface area contributed by atoms with Gasteiger partial charge in [-0.1, -0.05) is 24.3 Å². The molecule has 0 aliphatic carbocycles. The SMILES string of the molecule is CN(Cc1ccccc1CN)CC(O)CO. The van der Waals surface area contributed by atoms with Gasteiger partial charge in [0.25, 0.3) is 0 Å². The van der Waals surface area contributed by atoms with Crippen molar-refractivity contribution in [1.29, 1.82) is 0 Å². The Morgan fingerprint density at radius 3 is 2.50 bits per heavy atom. The molecule has 90 valence electrons. The van der Waals surface area contributed by atoms with Crippen LogP contribution in [0, 0.1) is 0 Å². The summed E-state index contributed by atoms with van der Waals surface area (Å²) in [6.07, 6.45) is -0.685. The summed E-state index contributed by atoms with van der Waals surface area (Å²) in [7, 11) is 1.91. The Kier molecular flexibility index (Phi) is 5.42. The first kappa shape index (κ1) is 13.1. The van der Waals surface area contributed by atoms with E-state index in [-0.39, 0.29) is 6.61 Å². The van der Waals surface area contributed by atoms with Crippen LogP contribution in [0.1, 0.15) is 11.1 Å². The zero-order valence-electron chi connectivity index (χ0n) is 9.63. The predicted molar refractivity (Wildman–Crippen MR) is 63.8 cm³/mol. The molecule has 16 heavy (non-hydrogen) atoms. The van der Waals surface area contributed by atoms with Crippen molar-refractivity contribution >= 4 is 0 Å². The van der Waals surface area contributed by atoms with E-state index in [0.29, 0.717) is 13.1 Å². The number of aliphatic hydroxyl groups is 2. The molecule has 4 nitrogen and oxygen atoms in total. The van der Waals surface area contributed by atoms with Crippen molar-refractivity contribution in [1.82, 2.24) is 4.90 Å². The summed E-state index contributed by atoms with van der Waals surface area (Å²) in [5.41, 5.74) is 7.93. The van der Waals surface area contributed by atoms with Crippen molar-refractivity contribution < 1.29 is 10.2 Å². The first-order valence-corrected chi connectivity index (χ1v) is 5.41. The van der Waals surface area contributed by atoms with Gasteiger partial charge in [-0.25, -0.2) is 0 Å². The van der Waals surface area contributed by atoms with Crippen molar-refractivity contribution in [2.75, 3.05) is 20.2 Å². The fourth-order valence-electron chi connectivity index (χ4n) is 1.68. The van der Waals surface area contributed by atoms with Crippen LogP contribution in [0.15, 0.2) is 24.3 Å². The molecule has 1 aromatic carbocycles. The molecule has 0 radical (unpaired) electrons. The van der Waals surface area contributed by atoms with E-state index in [9.17, 15) is 5.11 Å². The second-order valence-corrected chi connectivity index (χ2v) is 4.01. The van der Waals surface area contributed by atoms with Gasteiger partial charge in [0.1, 0.15) is 0 Å². The Bertz CT molecular complexity index is 318. The monoisotopic (exact) mass is 224 g/mol. The summed E-state index contributed by atoms with van der Waals surface area (Å²) in [6.45, 7) is 1.50. The molecule has 0 fully saturated rings. The van der Waals surface area contributed by atoms with Gasteiger partial charge in [-0.2, -0.15) is 0 Å². The third-order valence-electron chi connectivity index (χ3n) is 2.51. The molecule has 0 aliphatic heterocycles. The van der Waals surface area contributed by atoms with Crippen LogP contribution in [0.4, 0.5) is 0 Å². The normalized spacial score (nSPS) is 13.1. The first-order chi connectivity index (χ1) is 7.67. The molecule has 0 spiro atoms. The average molecular weight is 224 g/mol. The third kappa shape index (κ3) is 3.90. The van der Waals surface area contributed by atoms with Gasteiger partial charge in [-0.3, -0.25) is 4.90 Å². The number of hydrogen-bond donors (Lipinski definition) is 3. The van der Waals surface area contributed by atoms with E-state index in [1.54, 1.807) is 0 Å². The van der Waals surface area contributed by atoms with Crippen LogP contribution in [0.3, 0.4) is 0 Å². The molecule has 0 heterocycles. The highest BCUT2D eigenvalue weighted by atomic mass is 16.3. The highest BCUT2D eigenvalue weighted by Crippen LogP contribution is 2.10. The minimum Gasteiger partial charge on any atom is -0.394 e. The van der Waals surface area contributed by atoms with Crippen LogP contribution in [0.5, 0.6) is 0 Å². The topological polar surface area (TPSA) is 69.7 Å². The van der Waals surface area contributed by atoms with Crippen LogP contribution in [-0.2, 0) is 13.1 Å². The molecular formula is C12H20N2O2. The van der Waals surface area contributed by atoms with Gasteiger partial charge in [0.15, 0.2) is 0 Å². The highest BCUT2D eigenvalue weighted by molar-refractivity contribution is 5.26. The summed E-state index contributed by atoms with van der Waals surface area (Å²) >= 11 is 0. The first-order valence-electron chi connectivity index (χ1n) is 5.41. The van der Waals surface area contributed by atoms with Crippen molar-refractivity contribution in [3.63, 3.8) is 0 Å². The summed E-state index contributed by atoms with van der Waals surface area (Å²) in [5, 5.41) is 18.1. The molecule has 1 rings (SSSR count). The van der Waals surface area contributed by atoms with Crippen LogP contribution < -0.4 is 5.73 Å². The average Bonchev–Trinajstić information content (AvgIpc) is 2.29. The Morgan fingerprint density at radius 1 is 1.31 bits per heavy atom. The van der Waals surface area contributed by atoms with Crippen molar-refractivity contribution in [3.8, 4) is 0 Å². The maximum absolute atomic E-state index is 9.32. The second kappa shape index (κ2) is 6.60. The minimum absolute atomic E-state index is 0.205. The van der Waals surface area contributed by atoms with Crippen LogP contribution in [-0.4, -0.2) is 41.4 Å². The van der Waals surface area contributed by atoms with Gasteiger partial charge in [-0.05, 0) is 18.2 Å². The molecule has 1 aromatic rings. The lowest BCUT2D eigenvalue weighted by Crippen LogP contribution is -2.31. The van der Waals surface area contributed by atoms with Gasteiger partial charge >= 0.3 is 0 Å². The molecule has 0 aliphatic rings. The van der Waals surface area contributed by atoms with Gasteiger partial charge in [0, 0.05) is 19.6 Å². The van der Waals surface area contributed by atoms with Gasteiger partial charge < -0.3 is 15.9 Å². The second-order valence-electron chi connectivity index (χ2n) is 4.01. The zero-order chi connectivity index (χ0) is 12.0. The summed E-state index contributed by atoms with van der Waals surface area (Å²) in [6, 6.07) is 7.98. The molecule has 0 bridgehead atoms. The lowest BCUT2D eigenvalue weighted by Gasteiger charge is -2.20. The Hall–Kier alpha value is -0.940. The number of rotatable bonds is 6. The third-order valence-corrected chi connectivity index (χ3v) is 2.51. The van der Waals surface area contributed by atoms with Crippen LogP contribution in [0.2, 0.25) is 0 Å². The summed E-state index contributed by atoms with van der Waals surface area (Å²) < 4.78 is 0. The van der Waals surface area contributed by atoms with E-state index >= 15 is 0 Å². The van der Waals surface area contributed by atoms with E-state index < -0.39 is 6.10 Å². The zero-order valence-corrected chi connectivity index (χ0v) is 9.63. The number of aliphatic hydroxyl groups excluding tert-OH is 2. The van der Waals surface area contributed by atoms with Gasteiger partial charge in [0.2, 0.25) is 0 Å². The lowest BCUT2D eigenvalue weighted by molar-refractivity contribution is 0.0647. The maximum atomic E-state index is 9.32. The number of nitrogens with zero attached hydrogens (tertiary/aromatic N) is 1. The molecule has 1 atom stereocenters. The molecule has 4 N–H and O–H groups in total. The Morgan fingerprint density at radius 2 is 1.94 bits per heavy atom. The highest BCUT2D eigenvalue weighted by Gasteiger charge is 2.08. The van der Waals surface area contributed by atoms with E-state index in [1.807, 2.05) is 36.2 Å². The van der Waals surface area contributed by atoms with Crippen molar-refractivity contribution in [3.05, 3.63) is 35.4 Å². The Balaban J connectivity index is 2.58. The largest absolute Gasteiger partial charge is 0.394 e. The molecular weight excluding hydrogens is 204 g/mol. The van der Waals surface area contributed by atoms with E-state index in [4.69, 9.17) is 10.8 Å². The lowest BCUT2D eigenvalue weighted by atomic mass is 10.1. The summed E-state index contributed by atoms with van der Waals surface area (Å²) in [4.78, 5) is 1.97. The molecule has 0 aromatic heterocycles. The number of likely N-dealkylation sites (N-methyl/N-ethyl adjacent to an activating group) is 1. The molecule has 0 saturated carbocycles.